The second kappa shape index (κ2) is 6.01. The van der Waals surface area contributed by atoms with Gasteiger partial charge in [-0.15, -0.1) is 11.3 Å². The summed E-state index contributed by atoms with van der Waals surface area (Å²) in [6, 6.07) is 5.22. The molecule has 0 aromatic carbocycles. The van der Waals surface area contributed by atoms with E-state index >= 15 is 0 Å². The van der Waals surface area contributed by atoms with E-state index in [-0.39, 0.29) is 0 Å². The summed E-state index contributed by atoms with van der Waals surface area (Å²) in [4.78, 5) is 1.55. The molecule has 1 aromatic rings. The Morgan fingerprint density at radius 1 is 1.53 bits per heavy atom. The Bertz CT molecular complexity index is 320. The van der Waals surface area contributed by atoms with Gasteiger partial charge in [0.25, 0.3) is 0 Å². The number of hydrogen-bond donors (Lipinski definition) is 1. The molecular weight excluding hydrogens is 226 g/mol. The van der Waals surface area contributed by atoms with Gasteiger partial charge in [0.15, 0.2) is 0 Å². The van der Waals surface area contributed by atoms with Gasteiger partial charge in [0.1, 0.15) is 0 Å². The molecule has 0 radical (unpaired) electrons. The van der Waals surface area contributed by atoms with Gasteiger partial charge in [-0.1, -0.05) is 19.9 Å². The molecule has 2 rings (SSSR count). The minimum absolute atomic E-state index is 0.579. The quantitative estimate of drug-likeness (QED) is 0.797. The Kier molecular flexibility index (Phi) is 4.63. The molecule has 2 heteroatoms. The molecule has 1 aliphatic rings. The predicted octanol–water partition coefficient (Wildman–Crippen LogP) is 4.24. The molecule has 0 aliphatic heterocycles. The summed E-state index contributed by atoms with van der Waals surface area (Å²) in [5.41, 5.74) is 0.579. The highest BCUT2D eigenvalue weighted by atomic mass is 32.1. The summed E-state index contributed by atoms with van der Waals surface area (Å²) < 4.78 is 0. The maximum absolute atomic E-state index is 3.68. The number of aryl methyl sites for hydroxylation is 1. The lowest BCUT2D eigenvalue weighted by molar-refractivity contribution is 0.299. The van der Waals surface area contributed by atoms with E-state index in [1.54, 1.807) is 4.88 Å². The molecule has 2 unspecified atom stereocenters. The standard InChI is InChI=1S/C15H25NS/c1-3-10-16-13-6-8-15(2,12-13)9-7-14-5-4-11-17-14/h4-5,11,13,16H,3,6-10,12H2,1-2H3. The van der Waals surface area contributed by atoms with E-state index in [0.717, 1.165) is 6.04 Å². The second-order valence-corrected chi connectivity index (χ2v) is 6.82. The van der Waals surface area contributed by atoms with Crippen LogP contribution in [0.2, 0.25) is 0 Å². The van der Waals surface area contributed by atoms with Crippen LogP contribution in [0.3, 0.4) is 0 Å². The van der Waals surface area contributed by atoms with Crippen LogP contribution in [0.15, 0.2) is 17.5 Å². The van der Waals surface area contributed by atoms with E-state index < -0.39 is 0 Å². The van der Waals surface area contributed by atoms with E-state index in [1.165, 1.54) is 45.1 Å². The summed E-state index contributed by atoms with van der Waals surface area (Å²) in [6.45, 7) is 5.91. The Morgan fingerprint density at radius 2 is 2.41 bits per heavy atom. The van der Waals surface area contributed by atoms with Crippen molar-refractivity contribution in [3.8, 4) is 0 Å². The molecule has 0 amide bonds. The summed E-state index contributed by atoms with van der Waals surface area (Å²) in [5, 5.41) is 5.87. The monoisotopic (exact) mass is 251 g/mol. The smallest absolute Gasteiger partial charge is 0.00724 e. The number of rotatable bonds is 6. The Hall–Kier alpha value is -0.340. The highest BCUT2D eigenvalue weighted by Crippen LogP contribution is 2.41. The molecule has 1 heterocycles. The molecule has 0 bridgehead atoms. The van der Waals surface area contributed by atoms with Gasteiger partial charge in [-0.2, -0.15) is 0 Å². The van der Waals surface area contributed by atoms with Crippen molar-refractivity contribution in [2.45, 2.75) is 58.4 Å². The fourth-order valence-electron chi connectivity index (χ4n) is 2.95. The zero-order chi connectivity index (χ0) is 12.1. The van der Waals surface area contributed by atoms with Gasteiger partial charge < -0.3 is 5.32 Å². The van der Waals surface area contributed by atoms with Gasteiger partial charge in [-0.05, 0) is 61.9 Å². The minimum Gasteiger partial charge on any atom is -0.314 e. The maximum atomic E-state index is 3.68. The molecular formula is C15H25NS. The van der Waals surface area contributed by atoms with E-state index in [2.05, 4.69) is 36.7 Å². The lowest BCUT2D eigenvalue weighted by Gasteiger charge is -2.24. The van der Waals surface area contributed by atoms with Crippen LogP contribution < -0.4 is 5.32 Å². The number of nitrogens with one attached hydrogen (secondary N) is 1. The summed E-state index contributed by atoms with van der Waals surface area (Å²) in [5.74, 6) is 0. The van der Waals surface area contributed by atoms with Crippen LogP contribution in [0.25, 0.3) is 0 Å². The molecule has 1 aromatic heterocycles. The van der Waals surface area contributed by atoms with Crippen molar-refractivity contribution in [2.75, 3.05) is 6.54 Å². The third-order valence-corrected chi connectivity index (χ3v) is 5.01. The normalized spacial score (nSPS) is 28.7. The van der Waals surface area contributed by atoms with Crippen LogP contribution in [0.5, 0.6) is 0 Å². The molecule has 1 nitrogen and oxygen atoms in total. The van der Waals surface area contributed by atoms with E-state index in [4.69, 9.17) is 0 Å². The van der Waals surface area contributed by atoms with Crippen molar-refractivity contribution in [3.05, 3.63) is 22.4 Å². The van der Waals surface area contributed by atoms with Crippen molar-refractivity contribution in [2.24, 2.45) is 5.41 Å². The highest BCUT2D eigenvalue weighted by Gasteiger charge is 2.34. The molecule has 0 spiro atoms. The summed E-state index contributed by atoms with van der Waals surface area (Å²) in [6.07, 6.45) is 8.04. The average Bonchev–Trinajstić information content (AvgIpc) is 2.94. The molecule has 2 atom stereocenters. The molecule has 96 valence electrons. The van der Waals surface area contributed by atoms with Crippen LogP contribution in [-0.2, 0) is 6.42 Å². The van der Waals surface area contributed by atoms with Crippen LogP contribution in [-0.4, -0.2) is 12.6 Å². The van der Waals surface area contributed by atoms with Crippen molar-refractivity contribution < 1.29 is 0 Å². The topological polar surface area (TPSA) is 12.0 Å². The first-order valence-corrected chi connectivity index (χ1v) is 7.85. The van der Waals surface area contributed by atoms with Gasteiger partial charge in [0.2, 0.25) is 0 Å². The maximum Gasteiger partial charge on any atom is 0.00724 e. The first-order valence-electron chi connectivity index (χ1n) is 6.98. The van der Waals surface area contributed by atoms with E-state index in [9.17, 15) is 0 Å². The van der Waals surface area contributed by atoms with E-state index in [0.29, 0.717) is 5.41 Å². The Balaban J connectivity index is 1.76. The molecule has 1 saturated carbocycles. The zero-order valence-electron chi connectivity index (χ0n) is 11.2. The fourth-order valence-corrected chi connectivity index (χ4v) is 3.66. The fraction of sp³-hybridized carbons (Fsp3) is 0.733. The van der Waals surface area contributed by atoms with Crippen molar-refractivity contribution in [1.82, 2.24) is 5.32 Å². The third kappa shape index (κ3) is 3.82. The average molecular weight is 251 g/mol. The van der Waals surface area contributed by atoms with Crippen LogP contribution >= 0.6 is 11.3 Å². The van der Waals surface area contributed by atoms with Crippen LogP contribution in [0.1, 0.15) is 50.8 Å². The SMILES string of the molecule is CCCNC1CCC(C)(CCc2cccs2)C1. The lowest BCUT2D eigenvalue weighted by Crippen LogP contribution is -2.28. The molecule has 1 aliphatic carbocycles. The number of thiophene rings is 1. The third-order valence-electron chi connectivity index (χ3n) is 4.07. The minimum atomic E-state index is 0.579. The summed E-state index contributed by atoms with van der Waals surface area (Å²) >= 11 is 1.90. The van der Waals surface area contributed by atoms with Crippen LogP contribution in [0.4, 0.5) is 0 Å². The van der Waals surface area contributed by atoms with Gasteiger partial charge in [-0.25, -0.2) is 0 Å². The first kappa shape index (κ1) is 13.1. The van der Waals surface area contributed by atoms with Crippen molar-refractivity contribution >= 4 is 11.3 Å². The predicted molar refractivity (Wildman–Crippen MR) is 76.7 cm³/mol. The molecule has 17 heavy (non-hydrogen) atoms. The number of hydrogen-bond acceptors (Lipinski definition) is 2. The van der Waals surface area contributed by atoms with Crippen molar-refractivity contribution in [3.63, 3.8) is 0 Å². The zero-order valence-corrected chi connectivity index (χ0v) is 12.0. The van der Waals surface area contributed by atoms with E-state index in [1.807, 2.05) is 11.3 Å². The Labute approximate surface area is 110 Å². The van der Waals surface area contributed by atoms with Gasteiger partial charge >= 0.3 is 0 Å². The first-order chi connectivity index (χ1) is 8.22. The Morgan fingerprint density at radius 3 is 3.12 bits per heavy atom. The largest absolute Gasteiger partial charge is 0.314 e. The van der Waals surface area contributed by atoms with Gasteiger partial charge in [0, 0.05) is 10.9 Å². The highest BCUT2D eigenvalue weighted by molar-refractivity contribution is 7.09. The molecule has 1 N–H and O–H groups in total. The second-order valence-electron chi connectivity index (χ2n) is 5.78. The summed E-state index contributed by atoms with van der Waals surface area (Å²) in [7, 11) is 0. The molecule has 0 saturated heterocycles. The van der Waals surface area contributed by atoms with Gasteiger partial charge in [0.05, 0.1) is 0 Å². The lowest BCUT2D eigenvalue weighted by atomic mass is 9.83. The molecule has 1 fully saturated rings. The van der Waals surface area contributed by atoms with Crippen molar-refractivity contribution in [1.29, 1.82) is 0 Å². The van der Waals surface area contributed by atoms with Gasteiger partial charge in [-0.3, -0.25) is 0 Å². The van der Waals surface area contributed by atoms with Crippen LogP contribution in [0, 0.1) is 5.41 Å².